The molecule has 1 unspecified atom stereocenters. The number of nitrogens with one attached hydrogen (secondary N) is 1. The average molecular weight is 186 g/mol. The minimum absolute atomic E-state index is 0.485. The highest BCUT2D eigenvalue weighted by molar-refractivity contribution is 4.77. The number of hydrogen-bond donors (Lipinski definition) is 1. The van der Waals surface area contributed by atoms with E-state index in [0.717, 1.165) is 6.61 Å². The van der Waals surface area contributed by atoms with E-state index in [0.29, 0.717) is 12.1 Å². The molecular formula is C10H22N2O. The number of nitrogens with zero attached hydrogens (tertiary/aromatic N) is 1. The van der Waals surface area contributed by atoms with E-state index in [1.54, 1.807) is 7.11 Å². The second-order valence-electron chi connectivity index (χ2n) is 4.10. The maximum atomic E-state index is 5.09. The highest BCUT2D eigenvalue weighted by Gasteiger charge is 2.17. The number of methoxy groups -OCH3 is 1. The normalized spacial score (nSPS) is 23.3. The van der Waals surface area contributed by atoms with Gasteiger partial charge in [0.15, 0.2) is 0 Å². The zero-order chi connectivity index (χ0) is 9.68. The molecule has 0 radical (unpaired) electrons. The lowest BCUT2D eigenvalue weighted by molar-refractivity contribution is 0.153. The molecule has 1 N–H and O–H groups in total. The van der Waals surface area contributed by atoms with Crippen LogP contribution in [0.5, 0.6) is 0 Å². The van der Waals surface area contributed by atoms with Crippen LogP contribution in [0.15, 0.2) is 0 Å². The molecule has 1 atom stereocenters. The van der Waals surface area contributed by atoms with Gasteiger partial charge in [0.05, 0.1) is 6.61 Å². The van der Waals surface area contributed by atoms with Gasteiger partial charge in [-0.05, 0) is 39.9 Å². The summed E-state index contributed by atoms with van der Waals surface area (Å²) in [5.74, 6) is 0. The second-order valence-corrected chi connectivity index (χ2v) is 4.10. The minimum atomic E-state index is 0.485. The molecule has 3 nitrogen and oxygen atoms in total. The van der Waals surface area contributed by atoms with E-state index in [1.807, 2.05) is 0 Å². The summed E-state index contributed by atoms with van der Waals surface area (Å²) in [6, 6.07) is 1.18. The second kappa shape index (κ2) is 5.58. The molecule has 0 aliphatic carbocycles. The highest BCUT2D eigenvalue weighted by Crippen LogP contribution is 2.08. The zero-order valence-corrected chi connectivity index (χ0v) is 9.05. The van der Waals surface area contributed by atoms with E-state index in [4.69, 9.17) is 4.74 Å². The lowest BCUT2D eigenvalue weighted by Crippen LogP contribution is -2.45. The van der Waals surface area contributed by atoms with E-state index in [9.17, 15) is 0 Å². The van der Waals surface area contributed by atoms with Gasteiger partial charge in [-0.15, -0.1) is 0 Å². The molecule has 0 amide bonds. The molecular weight excluding hydrogens is 164 g/mol. The summed E-state index contributed by atoms with van der Waals surface area (Å²) < 4.78 is 5.09. The molecule has 0 aromatic carbocycles. The fourth-order valence-electron chi connectivity index (χ4n) is 1.88. The summed E-state index contributed by atoms with van der Waals surface area (Å²) in [5.41, 5.74) is 0. The van der Waals surface area contributed by atoms with Gasteiger partial charge < -0.3 is 15.0 Å². The first-order valence-electron chi connectivity index (χ1n) is 5.16. The van der Waals surface area contributed by atoms with Crippen molar-refractivity contribution in [2.24, 2.45) is 0 Å². The summed E-state index contributed by atoms with van der Waals surface area (Å²) in [6.07, 6.45) is 2.54. The molecule has 1 aliphatic heterocycles. The van der Waals surface area contributed by atoms with Gasteiger partial charge in [-0.25, -0.2) is 0 Å². The first kappa shape index (κ1) is 11.0. The van der Waals surface area contributed by atoms with Gasteiger partial charge in [0.25, 0.3) is 0 Å². The van der Waals surface area contributed by atoms with E-state index >= 15 is 0 Å². The Hall–Kier alpha value is -0.120. The van der Waals surface area contributed by atoms with Crippen LogP contribution in [-0.4, -0.2) is 50.8 Å². The number of piperidine rings is 1. The lowest BCUT2D eigenvalue weighted by atomic mass is 10.0. The fourth-order valence-corrected chi connectivity index (χ4v) is 1.88. The molecule has 1 saturated heterocycles. The monoisotopic (exact) mass is 186 g/mol. The van der Waals surface area contributed by atoms with Gasteiger partial charge in [-0.3, -0.25) is 0 Å². The third kappa shape index (κ3) is 4.07. The molecule has 0 bridgehead atoms. The average Bonchev–Trinajstić information content (AvgIpc) is 2.09. The molecule has 13 heavy (non-hydrogen) atoms. The first-order chi connectivity index (χ1) is 6.22. The van der Waals surface area contributed by atoms with E-state index in [-0.39, 0.29) is 0 Å². The van der Waals surface area contributed by atoms with E-state index < -0.39 is 0 Å². The molecule has 1 heterocycles. The van der Waals surface area contributed by atoms with Crippen LogP contribution in [0.4, 0.5) is 0 Å². The van der Waals surface area contributed by atoms with Crippen LogP contribution >= 0.6 is 0 Å². The van der Waals surface area contributed by atoms with Crippen LogP contribution in [0.3, 0.4) is 0 Å². The Labute approximate surface area is 81.4 Å². The van der Waals surface area contributed by atoms with Gasteiger partial charge >= 0.3 is 0 Å². The van der Waals surface area contributed by atoms with Gasteiger partial charge in [0.2, 0.25) is 0 Å². The molecule has 78 valence electrons. The highest BCUT2D eigenvalue weighted by atomic mass is 16.5. The van der Waals surface area contributed by atoms with E-state index in [1.165, 1.54) is 25.9 Å². The molecule has 0 spiro atoms. The fraction of sp³-hybridized carbons (Fsp3) is 1.00. The van der Waals surface area contributed by atoms with Crippen molar-refractivity contribution in [2.45, 2.75) is 31.8 Å². The Bertz CT molecular complexity index is 133. The summed E-state index contributed by atoms with van der Waals surface area (Å²) in [4.78, 5) is 2.39. The SMILES string of the molecule is COCC(C)NC1CCN(C)CC1. The standard InChI is InChI=1S/C10H22N2O/c1-9(8-13-3)11-10-4-6-12(2)7-5-10/h9-11H,4-8H2,1-3H3. The molecule has 1 aliphatic rings. The predicted octanol–water partition coefficient (Wildman–Crippen LogP) is 0.705. The molecule has 1 rings (SSSR count). The minimum Gasteiger partial charge on any atom is -0.383 e. The van der Waals surface area contributed by atoms with Gasteiger partial charge in [0, 0.05) is 19.2 Å². The van der Waals surface area contributed by atoms with Crippen molar-refractivity contribution in [3.8, 4) is 0 Å². The number of ether oxygens (including phenoxy) is 1. The van der Waals surface area contributed by atoms with Gasteiger partial charge in [0.1, 0.15) is 0 Å². The Morgan fingerprint density at radius 3 is 2.62 bits per heavy atom. The summed E-state index contributed by atoms with van der Waals surface area (Å²) in [7, 11) is 3.95. The van der Waals surface area contributed by atoms with E-state index in [2.05, 4.69) is 24.2 Å². The van der Waals surface area contributed by atoms with Crippen LogP contribution in [0.1, 0.15) is 19.8 Å². The van der Waals surface area contributed by atoms with Crippen molar-refractivity contribution < 1.29 is 4.74 Å². The van der Waals surface area contributed by atoms with Crippen molar-refractivity contribution in [2.75, 3.05) is 33.9 Å². The van der Waals surface area contributed by atoms with Crippen LogP contribution in [0, 0.1) is 0 Å². The van der Waals surface area contributed by atoms with Crippen LogP contribution in [-0.2, 0) is 4.74 Å². The zero-order valence-electron chi connectivity index (χ0n) is 9.05. The Kier molecular flexibility index (Phi) is 4.70. The maximum Gasteiger partial charge on any atom is 0.0613 e. The quantitative estimate of drug-likeness (QED) is 0.699. The number of hydrogen-bond acceptors (Lipinski definition) is 3. The van der Waals surface area contributed by atoms with Crippen molar-refractivity contribution in [3.63, 3.8) is 0 Å². The van der Waals surface area contributed by atoms with Crippen molar-refractivity contribution in [1.29, 1.82) is 0 Å². The Morgan fingerprint density at radius 2 is 2.08 bits per heavy atom. The van der Waals surface area contributed by atoms with Crippen molar-refractivity contribution >= 4 is 0 Å². The molecule has 0 aromatic heterocycles. The summed E-state index contributed by atoms with van der Waals surface area (Å²) in [6.45, 7) is 5.43. The predicted molar refractivity (Wildman–Crippen MR) is 55.0 cm³/mol. The summed E-state index contributed by atoms with van der Waals surface area (Å²) >= 11 is 0. The van der Waals surface area contributed by atoms with Crippen LogP contribution in [0.25, 0.3) is 0 Å². The molecule has 0 aromatic rings. The Morgan fingerprint density at radius 1 is 1.46 bits per heavy atom. The molecule has 0 saturated carbocycles. The third-order valence-corrected chi connectivity index (χ3v) is 2.66. The van der Waals surface area contributed by atoms with Crippen LogP contribution < -0.4 is 5.32 Å². The smallest absolute Gasteiger partial charge is 0.0613 e. The third-order valence-electron chi connectivity index (χ3n) is 2.66. The van der Waals surface area contributed by atoms with Gasteiger partial charge in [-0.2, -0.15) is 0 Å². The van der Waals surface area contributed by atoms with Crippen molar-refractivity contribution in [3.05, 3.63) is 0 Å². The largest absolute Gasteiger partial charge is 0.383 e. The maximum absolute atomic E-state index is 5.09. The number of likely N-dealkylation sites (tertiary alicyclic amines) is 1. The molecule has 3 heteroatoms. The molecule has 1 fully saturated rings. The van der Waals surface area contributed by atoms with Gasteiger partial charge in [-0.1, -0.05) is 0 Å². The topological polar surface area (TPSA) is 24.5 Å². The summed E-state index contributed by atoms with van der Waals surface area (Å²) in [5, 5.41) is 3.59. The van der Waals surface area contributed by atoms with Crippen LogP contribution in [0.2, 0.25) is 0 Å². The Balaban J connectivity index is 2.14. The number of rotatable bonds is 4. The lowest BCUT2D eigenvalue weighted by Gasteiger charge is -2.31. The van der Waals surface area contributed by atoms with Crippen molar-refractivity contribution in [1.82, 2.24) is 10.2 Å². The first-order valence-corrected chi connectivity index (χ1v) is 5.16.